The van der Waals surface area contributed by atoms with Gasteiger partial charge in [-0.2, -0.15) is 0 Å². The van der Waals surface area contributed by atoms with E-state index in [4.69, 9.17) is 5.73 Å². The zero-order valence-corrected chi connectivity index (χ0v) is 16.4. The molecule has 1 saturated carbocycles. The molecule has 8 nitrogen and oxygen atoms in total. The van der Waals surface area contributed by atoms with E-state index >= 15 is 0 Å². The molecule has 3 aliphatic rings. The van der Waals surface area contributed by atoms with E-state index in [0.717, 1.165) is 36.8 Å². The number of fused-ring (bicyclic) bond motifs is 1. The summed E-state index contributed by atoms with van der Waals surface area (Å²) in [6, 6.07) is 5.17. The number of amides is 3. The van der Waals surface area contributed by atoms with Gasteiger partial charge in [-0.3, -0.25) is 24.6 Å². The van der Waals surface area contributed by atoms with Crippen molar-refractivity contribution in [1.29, 1.82) is 0 Å². The van der Waals surface area contributed by atoms with Gasteiger partial charge in [0.1, 0.15) is 6.23 Å². The lowest BCUT2D eigenvalue weighted by atomic mass is 9.84. The number of nitrogens with zero attached hydrogens (tertiary/aromatic N) is 1. The third-order valence-electron chi connectivity index (χ3n) is 6.35. The normalized spacial score (nSPS) is 30.0. The van der Waals surface area contributed by atoms with E-state index in [2.05, 4.69) is 10.6 Å². The second kappa shape index (κ2) is 8.22. The predicted molar refractivity (Wildman–Crippen MR) is 106 cm³/mol. The number of piperidine rings is 1. The van der Waals surface area contributed by atoms with E-state index < -0.39 is 12.3 Å². The number of hydrogen-bond acceptors (Lipinski definition) is 6. The molecule has 0 aromatic heterocycles. The van der Waals surface area contributed by atoms with Gasteiger partial charge in [0.2, 0.25) is 17.7 Å². The Kier molecular flexibility index (Phi) is 5.67. The summed E-state index contributed by atoms with van der Waals surface area (Å²) in [6.45, 7) is 0.396. The molecule has 1 saturated heterocycles. The quantitative estimate of drug-likeness (QED) is 0.562. The second-order valence-electron chi connectivity index (χ2n) is 8.46. The molecular formula is C21H28N4O4. The summed E-state index contributed by atoms with van der Waals surface area (Å²) in [6.07, 6.45) is 4.20. The smallest absolute Gasteiger partial charge is 0.244 e. The lowest BCUT2D eigenvalue weighted by Crippen LogP contribution is -2.51. The Bertz CT molecular complexity index is 819. The van der Waals surface area contributed by atoms with Crippen LogP contribution in [0.3, 0.4) is 0 Å². The fourth-order valence-corrected chi connectivity index (χ4v) is 4.68. The summed E-state index contributed by atoms with van der Waals surface area (Å²) in [7, 11) is 0. The summed E-state index contributed by atoms with van der Waals surface area (Å²) in [5.74, 6) is -0.267. The van der Waals surface area contributed by atoms with Gasteiger partial charge in [-0.1, -0.05) is 6.07 Å². The van der Waals surface area contributed by atoms with Gasteiger partial charge in [0.15, 0.2) is 0 Å². The van der Waals surface area contributed by atoms with Gasteiger partial charge in [-0.15, -0.1) is 0 Å². The third-order valence-corrected chi connectivity index (χ3v) is 6.35. The van der Waals surface area contributed by atoms with E-state index in [1.54, 1.807) is 17.0 Å². The molecule has 156 valence electrons. The molecule has 2 unspecified atom stereocenters. The van der Waals surface area contributed by atoms with Crippen LogP contribution in [0.4, 0.5) is 5.69 Å². The van der Waals surface area contributed by atoms with E-state index in [9.17, 15) is 19.5 Å². The minimum Gasteiger partial charge on any atom is -0.374 e. The largest absolute Gasteiger partial charge is 0.374 e. The number of rotatable bonds is 4. The molecule has 0 radical (unpaired) electrons. The van der Waals surface area contributed by atoms with E-state index in [1.807, 2.05) is 6.07 Å². The molecule has 1 aromatic rings. The number of anilines is 1. The fraction of sp³-hybridized carbons (Fsp3) is 0.571. The van der Waals surface area contributed by atoms with Crippen LogP contribution in [0.2, 0.25) is 0 Å². The van der Waals surface area contributed by atoms with Crippen molar-refractivity contribution >= 4 is 23.4 Å². The third kappa shape index (κ3) is 4.34. The Balaban J connectivity index is 1.38. The van der Waals surface area contributed by atoms with Crippen molar-refractivity contribution in [2.24, 2.45) is 11.7 Å². The number of imide groups is 1. The standard InChI is InChI=1S/C21H28N4O4/c22-14-3-1-12(2-4-14)9-19(27)23-15-5-6-16-13(10-15)11-25(21(16)29)17-7-8-18(26)24-20(17)28/h5-6,10,12,14,17,21,29H,1-4,7-9,11,22H2,(H,23,27)(H,24,26,28). The summed E-state index contributed by atoms with van der Waals surface area (Å²) in [4.78, 5) is 37.7. The molecule has 0 spiro atoms. The Morgan fingerprint density at radius 1 is 1.21 bits per heavy atom. The lowest BCUT2D eigenvalue weighted by molar-refractivity contribution is -0.141. The highest BCUT2D eigenvalue weighted by molar-refractivity contribution is 6.00. The van der Waals surface area contributed by atoms with E-state index in [1.165, 1.54) is 0 Å². The van der Waals surface area contributed by atoms with Crippen LogP contribution in [-0.2, 0) is 20.9 Å². The average molecular weight is 400 g/mol. The molecule has 3 amide bonds. The van der Waals surface area contributed by atoms with Crippen LogP contribution < -0.4 is 16.4 Å². The van der Waals surface area contributed by atoms with Crippen molar-refractivity contribution in [3.8, 4) is 0 Å². The van der Waals surface area contributed by atoms with Crippen LogP contribution in [-0.4, -0.2) is 39.8 Å². The molecule has 0 bridgehead atoms. The molecule has 4 rings (SSSR count). The number of aliphatic hydroxyl groups excluding tert-OH is 1. The number of nitrogens with two attached hydrogens (primary N) is 1. The monoisotopic (exact) mass is 400 g/mol. The highest BCUT2D eigenvalue weighted by Gasteiger charge is 2.39. The van der Waals surface area contributed by atoms with Crippen molar-refractivity contribution in [3.63, 3.8) is 0 Å². The SMILES string of the molecule is NC1CCC(CC(=O)Nc2ccc3c(c2)CN(C2CCC(=O)NC2=O)C3O)CC1. The number of carbonyl (C=O) groups is 3. The highest BCUT2D eigenvalue weighted by atomic mass is 16.3. The topological polar surface area (TPSA) is 125 Å². The molecule has 2 aliphatic heterocycles. The van der Waals surface area contributed by atoms with Gasteiger partial charge in [-0.05, 0) is 55.7 Å². The number of nitrogens with one attached hydrogen (secondary N) is 2. The van der Waals surface area contributed by atoms with Gasteiger partial charge in [0.25, 0.3) is 0 Å². The van der Waals surface area contributed by atoms with Crippen LogP contribution in [0.25, 0.3) is 0 Å². The number of benzene rings is 1. The number of carbonyl (C=O) groups excluding carboxylic acids is 3. The molecular weight excluding hydrogens is 372 g/mol. The first kappa shape index (κ1) is 20.0. The zero-order valence-electron chi connectivity index (χ0n) is 16.4. The first-order valence-corrected chi connectivity index (χ1v) is 10.4. The van der Waals surface area contributed by atoms with Crippen molar-refractivity contribution in [3.05, 3.63) is 29.3 Å². The van der Waals surface area contributed by atoms with Crippen LogP contribution in [0.5, 0.6) is 0 Å². The van der Waals surface area contributed by atoms with Crippen LogP contribution >= 0.6 is 0 Å². The lowest BCUT2D eigenvalue weighted by Gasteiger charge is -2.31. The molecule has 5 N–H and O–H groups in total. The van der Waals surface area contributed by atoms with Gasteiger partial charge in [-0.25, -0.2) is 0 Å². The van der Waals surface area contributed by atoms with Gasteiger partial charge < -0.3 is 16.2 Å². The Hall–Kier alpha value is -2.29. The summed E-state index contributed by atoms with van der Waals surface area (Å²) in [5, 5.41) is 15.9. The minimum atomic E-state index is -0.898. The summed E-state index contributed by atoms with van der Waals surface area (Å²) >= 11 is 0. The molecule has 2 fully saturated rings. The van der Waals surface area contributed by atoms with E-state index in [0.29, 0.717) is 31.0 Å². The van der Waals surface area contributed by atoms with Crippen LogP contribution in [0.1, 0.15) is 62.3 Å². The number of aliphatic hydroxyl groups is 1. The fourth-order valence-electron chi connectivity index (χ4n) is 4.68. The van der Waals surface area contributed by atoms with Gasteiger partial charge in [0.05, 0.1) is 6.04 Å². The van der Waals surface area contributed by atoms with Crippen LogP contribution in [0, 0.1) is 5.92 Å². The summed E-state index contributed by atoms with van der Waals surface area (Å²) < 4.78 is 0. The predicted octanol–water partition coefficient (Wildman–Crippen LogP) is 1.14. The maximum atomic E-state index is 12.4. The van der Waals surface area contributed by atoms with E-state index in [-0.39, 0.29) is 30.2 Å². The Morgan fingerprint density at radius 3 is 2.69 bits per heavy atom. The molecule has 29 heavy (non-hydrogen) atoms. The van der Waals surface area contributed by atoms with Gasteiger partial charge in [0, 0.05) is 36.7 Å². The Morgan fingerprint density at radius 2 is 1.97 bits per heavy atom. The summed E-state index contributed by atoms with van der Waals surface area (Å²) in [5.41, 5.74) is 8.23. The maximum absolute atomic E-state index is 12.4. The molecule has 8 heteroatoms. The van der Waals surface area contributed by atoms with Crippen molar-refractivity contribution < 1.29 is 19.5 Å². The van der Waals surface area contributed by atoms with Crippen molar-refractivity contribution in [2.45, 2.75) is 69.8 Å². The molecule has 1 aliphatic carbocycles. The maximum Gasteiger partial charge on any atom is 0.244 e. The molecule has 2 atom stereocenters. The van der Waals surface area contributed by atoms with Crippen molar-refractivity contribution in [1.82, 2.24) is 10.2 Å². The first-order valence-electron chi connectivity index (χ1n) is 10.4. The second-order valence-corrected chi connectivity index (χ2v) is 8.46. The van der Waals surface area contributed by atoms with Crippen LogP contribution in [0.15, 0.2) is 18.2 Å². The average Bonchev–Trinajstić information content (AvgIpc) is 2.99. The number of hydrogen-bond donors (Lipinski definition) is 4. The minimum absolute atomic E-state index is 0.00834. The highest BCUT2D eigenvalue weighted by Crippen LogP contribution is 2.36. The zero-order chi connectivity index (χ0) is 20.5. The molecule has 1 aromatic carbocycles. The molecule has 2 heterocycles. The van der Waals surface area contributed by atoms with Gasteiger partial charge >= 0.3 is 0 Å². The Labute approximate surface area is 169 Å². The first-order chi connectivity index (χ1) is 13.9. The van der Waals surface area contributed by atoms with Crippen molar-refractivity contribution in [2.75, 3.05) is 5.32 Å².